The standard InChI is InChI=1S/C20H21N3O2S2/c1-13(2)19(25)22-15-9-7-14(8-10-15)11-21-18(24)12-26-20-23-16-5-3-4-6-17(16)27-20/h3-10,13H,11-12H2,1-2H3,(H,21,24)(H,22,25). The van der Waals surface area contributed by atoms with Crippen molar-refractivity contribution < 1.29 is 9.59 Å². The monoisotopic (exact) mass is 399 g/mol. The molecule has 0 fully saturated rings. The minimum Gasteiger partial charge on any atom is -0.351 e. The molecule has 0 aliphatic carbocycles. The van der Waals surface area contributed by atoms with E-state index in [0.29, 0.717) is 12.3 Å². The van der Waals surface area contributed by atoms with Crippen LogP contribution in [0.3, 0.4) is 0 Å². The van der Waals surface area contributed by atoms with Gasteiger partial charge in [0.1, 0.15) is 0 Å². The van der Waals surface area contributed by atoms with Crippen molar-refractivity contribution in [1.29, 1.82) is 0 Å². The molecular weight excluding hydrogens is 378 g/mol. The quantitative estimate of drug-likeness (QED) is 0.581. The van der Waals surface area contributed by atoms with Gasteiger partial charge in [-0.05, 0) is 29.8 Å². The van der Waals surface area contributed by atoms with E-state index in [-0.39, 0.29) is 17.7 Å². The average Bonchev–Trinajstić information content (AvgIpc) is 3.08. The van der Waals surface area contributed by atoms with Crippen LogP contribution in [0, 0.1) is 5.92 Å². The maximum atomic E-state index is 12.1. The number of hydrogen-bond donors (Lipinski definition) is 2. The van der Waals surface area contributed by atoms with Crippen molar-refractivity contribution in [2.24, 2.45) is 5.92 Å². The Morgan fingerprint density at radius 3 is 2.56 bits per heavy atom. The summed E-state index contributed by atoms with van der Waals surface area (Å²) < 4.78 is 2.03. The first-order valence-electron chi connectivity index (χ1n) is 8.66. The van der Waals surface area contributed by atoms with Crippen LogP contribution in [0.2, 0.25) is 0 Å². The lowest BCUT2D eigenvalue weighted by atomic mass is 10.1. The van der Waals surface area contributed by atoms with Gasteiger partial charge in [-0.15, -0.1) is 11.3 Å². The second-order valence-corrected chi connectivity index (χ2v) is 8.61. The summed E-state index contributed by atoms with van der Waals surface area (Å²) in [5, 5.41) is 5.76. The topological polar surface area (TPSA) is 71.1 Å². The van der Waals surface area contributed by atoms with Gasteiger partial charge in [0.2, 0.25) is 11.8 Å². The summed E-state index contributed by atoms with van der Waals surface area (Å²) in [6.45, 7) is 4.16. The Hall–Kier alpha value is -2.38. The zero-order valence-electron chi connectivity index (χ0n) is 15.2. The van der Waals surface area contributed by atoms with Crippen LogP contribution in [-0.4, -0.2) is 22.6 Å². The molecule has 0 saturated heterocycles. The van der Waals surface area contributed by atoms with E-state index in [4.69, 9.17) is 0 Å². The molecule has 0 bridgehead atoms. The molecule has 1 heterocycles. The van der Waals surface area contributed by atoms with E-state index in [1.165, 1.54) is 11.8 Å². The summed E-state index contributed by atoms with van der Waals surface area (Å²) in [5.41, 5.74) is 2.71. The molecule has 1 aromatic heterocycles. The number of thiazole rings is 1. The van der Waals surface area contributed by atoms with Crippen molar-refractivity contribution in [3.8, 4) is 0 Å². The van der Waals surface area contributed by atoms with E-state index in [2.05, 4.69) is 15.6 Å². The highest BCUT2D eigenvalue weighted by molar-refractivity contribution is 8.01. The third kappa shape index (κ3) is 5.55. The number of rotatable bonds is 7. The van der Waals surface area contributed by atoms with Crippen molar-refractivity contribution in [2.45, 2.75) is 24.7 Å². The van der Waals surface area contributed by atoms with Gasteiger partial charge in [0.25, 0.3) is 0 Å². The number of carbonyl (C=O) groups excluding carboxylic acids is 2. The zero-order valence-corrected chi connectivity index (χ0v) is 16.8. The maximum Gasteiger partial charge on any atom is 0.230 e. The Balaban J connectivity index is 1.45. The molecule has 3 aromatic rings. The lowest BCUT2D eigenvalue weighted by Gasteiger charge is -2.09. The fourth-order valence-corrected chi connectivity index (χ4v) is 4.18. The molecule has 0 aliphatic heterocycles. The van der Waals surface area contributed by atoms with Crippen LogP contribution in [0.4, 0.5) is 5.69 Å². The summed E-state index contributed by atoms with van der Waals surface area (Å²) in [4.78, 5) is 28.3. The van der Waals surface area contributed by atoms with E-state index < -0.39 is 0 Å². The van der Waals surface area contributed by atoms with Gasteiger partial charge in [0.05, 0.1) is 16.0 Å². The van der Waals surface area contributed by atoms with Gasteiger partial charge in [-0.2, -0.15) is 0 Å². The normalized spacial score (nSPS) is 10.9. The van der Waals surface area contributed by atoms with Crippen molar-refractivity contribution >= 4 is 50.8 Å². The molecule has 0 aliphatic rings. The van der Waals surface area contributed by atoms with Crippen molar-refractivity contribution in [2.75, 3.05) is 11.1 Å². The minimum absolute atomic E-state index is 0.0112. The van der Waals surface area contributed by atoms with E-state index in [1.54, 1.807) is 11.3 Å². The van der Waals surface area contributed by atoms with Gasteiger partial charge >= 0.3 is 0 Å². The number of aromatic nitrogens is 1. The van der Waals surface area contributed by atoms with Gasteiger partial charge in [0.15, 0.2) is 4.34 Å². The molecule has 0 saturated carbocycles. The first-order chi connectivity index (χ1) is 13.0. The Morgan fingerprint density at radius 2 is 1.85 bits per heavy atom. The van der Waals surface area contributed by atoms with Crippen LogP contribution in [0.25, 0.3) is 10.2 Å². The van der Waals surface area contributed by atoms with E-state index in [0.717, 1.165) is 25.8 Å². The van der Waals surface area contributed by atoms with Gasteiger partial charge < -0.3 is 10.6 Å². The highest BCUT2D eigenvalue weighted by atomic mass is 32.2. The molecule has 5 nitrogen and oxygen atoms in total. The van der Waals surface area contributed by atoms with Crippen LogP contribution in [0.5, 0.6) is 0 Å². The predicted octanol–water partition coefficient (Wildman–Crippen LogP) is 4.30. The number of carbonyl (C=O) groups is 2. The van der Waals surface area contributed by atoms with E-state index in [9.17, 15) is 9.59 Å². The number of nitrogens with zero attached hydrogens (tertiary/aromatic N) is 1. The lowest BCUT2D eigenvalue weighted by molar-refractivity contribution is -0.119. The molecule has 3 rings (SSSR count). The second-order valence-electron chi connectivity index (χ2n) is 6.35. The van der Waals surface area contributed by atoms with Crippen LogP contribution < -0.4 is 10.6 Å². The molecule has 0 unspecified atom stereocenters. The van der Waals surface area contributed by atoms with Crippen molar-refractivity contribution in [3.05, 3.63) is 54.1 Å². The number of amides is 2. The summed E-state index contributed by atoms with van der Waals surface area (Å²) in [5.74, 6) is 0.235. The number of benzene rings is 2. The Kier molecular flexibility index (Phi) is 6.47. The Labute approximate surface area is 166 Å². The van der Waals surface area contributed by atoms with Gasteiger partial charge in [0, 0.05) is 18.2 Å². The summed E-state index contributed by atoms with van der Waals surface area (Å²) in [7, 11) is 0. The predicted molar refractivity (Wildman–Crippen MR) is 112 cm³/mol. The van der Waals surface area contributed by atoms with Crippen molar-refractivity contribution in [3.63, 3.8) is 0 Å². The van der Waals surface area contributed by atoms with Gasteiger partial charge in [-0.25, -0.2) is 4.98 Å². The average molecular weight is 400 g/mol. The minimum atomic E-state index is -0.0584. The SMILES string of the molecule is CC(C)C(=O)Nc1ccc(CNC(=O)CSc2nc3ccccc3s2)cc1. The third-order valence-electron chi connectivity index (χ3n) is 3.84. The summed E-state index contributed by atoms with van der Waals surface area (Å²) >= 11 is 3.05. The molecule has 7 heteroatoms. The molecule has 0 spiro atoms. The maximum absolute atomic E-state index is 12.1. The fraction of sp³-hybridized carbons (Fsp3) is 0.250. The fourth-order valence-electron chi connectivity index (χ4n) is 2.28. The van der Waals surface area contributed by atoms with E-state index >= 15 is 0 Å². The van der Waals surface area contributed by atoms with Crippen LogP contribution in [0.1, 0.15) is 19.4 Å². The molecule has 0 radical (unpaired) electrons. The summed E-state index contributed by atoms with van der Waals surface area (Å²) in [6, 6.07) is 15.4. The molecule has 0 atom stereocenters. The third-order valence-corrected chi connectivity index (χ3v) is 6.02. The molecule has 140 valence electrons. The number of thioether (sulfide) groups is 1. The van der Waals surface area contributed by atoms with Gasteiger partial charge in [-0.1, -0.05) is 49.9 Å². The number of hydrogen-bond acceptors (Lipinski definition) is 5. The number of nitrogens with one attached hydrogen (secondary N) is 2. The van der Waals surface area contributed by atoms with Gasteiger partial charge in [-0.3, -0.25) is 9.59 Å². The second kappa shape index (κ2) is 9.01. The van der Waals surface area contributed by atoms with Crippen LogP contribution in [0.15, 0.2) is 52.9 Å². The van der Waals surface area contributed by atoms with Crippen molar-refractivity contribution in [1.82, 2.24) is 10.3 Å². The Bertz CT molecular complexity index is 903. The highest BCUT2D eigenvalue weighted by Gasteiger charge is 2.09. The molecule has 2 N–H and O–H groups in total. The van der Waals surface area contributed by atoms with Crippen LogP contribution >= 0.6 is 23.1 Å². The van der Waals surface area contributed by atoms with E-state index in [1.807, 2.05) is 62.4 Å². The largest absolute Gasteiger partial charge is 0.351 e. The highest BCUT2D eigenvalue weighted by Crippen LogP contribution is 2.29. The lowest BCUT2D eigenvalue weighted by Crippen LogP contribution is -2.24. The molecule has 2 aromatic carbocycles. The number of fused-ring (bicyclic) bond motifs is 1. The first kappa shape index (κ1) is 19.4. The number of anilines is 1. The molecule has 27 heavy (non-hydrogen) atoms. The Morgan fingerprint density at radius 1 is 1.11 bits per heavy atom. The molecule has 2 amide bonds. The number of para-hydroxylation sites is 1. The first-order valence-corrected chi connectivity index (χ1v) is 10.5. The molecular formula is C20H21N3O2S2. The smallest absolute Gasteiger partial charge is 0.230 e. The zero-order chi connectivity index (χ0) is 19.2. The summed E-state index contributed by atoms with van der Waals surface area (Å²) in [6.07, 6.45) is 0. The van der Waals surface area contributed by atoms with Crippen LogP contribution in [-0.2, 0) is 16.1 Å².